The molecule has 3 rings (SSSR count). The van der Waals surface area contributed by atoms with Gasteiger partial charge < -0.3 is 9.67 Å². The maximum absolute atomic E-state index is 11.3. The van der Waals surface area contributed by atoms with Crippen molar-refractivity contribution in [2.24, 2.45) is 0 Å². The van der Waals surface area contributed by atoms with Gasteiger partial charge in [-0.3, -0.25) is 0 Å². The molecule has 0 spiro atoms. The molecule has 2 aromatic carbocycles. The second-order valence-electron chi connectivity index (χ2n) is 4.97. The van der Waals surface area contributed by atoms with Crippen molar-refractivity contribution >= 4 is 11.6 Å². The fourth-order valence-corrected chi connectivity index (χ4v) is 2.56. The summed E-state index contributed by atoms with van der Waals surface area (Å²) >= 11 is 5.95. The third-order valence-electron chi connectivity index (χ3n) is 3.54. The topological polar surface area (TPSA) is 38.0 Å². The molecule has 0 saturated heterocycles. The summed E-state index contributed by atoms with van der Waals surface area (Å²) in [5.74, 6) is 0. The Morgan fingerprint density at radius 3 is 2.29 bits per heavy atom. The molecule has 21 heavy (non-hydrogen) atoms. The van der Waals surface area contributed by atoms with E-state index in [4.69, 9.17) is 11.6 Å². The summed E-state index contributed by atoms with van der Waals surface area (Å²) in [6.07, 6.45) is 5.24. The molecular formula is C17H15ClN2O. The Kier molecular flexibility index (Phi) is 3.78. The molecule has 0 bridgehead atoms. The van der Waals surface area contributed by atoms with Crippen LogP contribution in [-0.4, -0.2) is 14.7 Å². The summed E-state index contributed by atoms with van der Waals surface area (Å²) in [6, 6.07) is 16.9. The van der Waals surface area contributed by atoms with Gasteiger partial charge in [-0.2, -0.15) is 0 Å². The highest BCUT2D eigenvalue weighted by Gasteiger charge is 2.31. The van der Waals surface area contributed by atoms with E-state index in [9.17, 15) is 5.11 Å². The number of benzene rings is 2. The molecule has 1 aromatic heterocycles. The molecule has 0 aliphatic carbocycles. The predicted molar refractivity (Wildman–Crippen MR) is 83.1 cm³/mol. The third-order valence-corrected chi connectivity index (χ3v) is 3.80. The minimum atomic E-state index is -1.13. The third kappa shape index (κ3) is 2.84. The first-order chi connectivity index (χ1) is 10.2. The van der Waals surface area contributed by atoms with Crippen LogP contribution in [0, 0.1) is 0 Å². The van der Waals surface area contributed by atoms with Crippen LogP contribution >= 0.6 is 11.6 Å². The maximum atomic E-state index is 11.3. The monoisotopic (exact) mass is 298 g/mol. The SMILES string of the molecule is OC(Cn1ccnc1)(c1ccccc1)c1ccc(Cl)cc1. The number of hydrogen-bond donors (Lipinski definition) is 1. The predicted octanol–water partition coefficient (Wildman–Crippen LogP) is 3.47. The van der Waals surface area contributed by atoms with Crippen LogP contribution < -0.4 is 0 Å². The van der Waals surface area contributed by atoms with Crippen molar-refractivity contribution in [1.82, 2.24) is 9.55 Å². The lowest BCUT2D eigenvalue weighted by Gasteiger charge is -2.30. The average molecular weight is 299 g/mol. The second-order valence-corrected chi connectivity index (χ2v) is 5.40. The fraction of sp³-hybridized carbons (Fsp3) is 0.118. The van der Waals surface area contributed by atoms with Crippen molar-refractivity contribution in [2.45, 2.75) is 12.1 Å². The number of aliphatic hydroxyl groups is 1. The van der Waals surface area contributed by atoms with Crippen molar-refractivity contribution in [3.8, 4) is 0 Å². The smallest absolute Gasteiger partial charge is 0.132 e. The number of imidazole rings is 1. The Labute approximate surface area is 128 Å². The van der Waals surface area contributed by atoms with Gasteiger partial charge in [0.15, 0.2) is 0 Å². The molecule has 3 nitrogen and oxygen atoms in total. The number of nitrogens with zero attached hydrogens (tertiary/aromatic N) is 2. The highest BCUT2D eigenvalue weighted by atomic mass is 35.5. The van der Waals surface area contributed by atoms with Gasteiger partial charge >= 0.3 is 0 Å². The van der Waals surface area contributed by atoms with Crippen molar-refractivity contribution in [3.05, 3.63) is 89.5 Å². The molecule has 0 fully saturated rings. The molecule has 106 valence electrons. The first-order valence-corrected chi connectivity index (χ1v) is 7.06. The lowest BCUT2D eigenvalue weighted by molar-refractivity contribution is 0.0612. The molecular weight excluding hydrogens is 284 g/mol. The van der Waals surface area contributed by atoms with Gasteiger partial charge in [0.2, 0.25) is 0 Å². The molecule has 0 saturated carbocycles. The van der Waals surface area contributed by atoms with E-state index >= 15 is 0 Å². The highest BCUT2D eigenvalue weighted by Crippen LogP contribution is 2.32. The Morgan fingerprint density at radius 2 is 1.67 bits per heavy atom. The number of hydrogen-bond acceptors (Lipinski definition) is 2. The normalized spacial score (nSPS) is 13.8. The summed E-state index contributed by atoms with van der Waals surface area (Å²) in [7, 11) is 0. The van der Waals surface area contributed by atoms with Crippen LogP contribution in [0.15, 0.2) is 73.3 Å². The minimum absolute atomic E-state index is 0.388. The largest absolute Gasteiger partial charge is 0.378 e. The molecule has 1 atom stereocenters. The van der Waals surface area contributed by atoms with E-state index in [-0.39, 0.29) is 0 Å². The minimum Gasteiger partial charge on any atom is -0.378 e. The first kappa shape index (κ1) is 13.9. The molecule has 3 aromatic rings. The van der Waals surface area contributed by atoms with Crippen molar-refractivity contribution < 1.29 is 5.11 Å². The molecule has 0 amide bonds. The maximum Gasteiger partial charge on any atom is 0.132 e. The van der Waals surface area contributed by atoms with Crippen LogP contribution in [-0.2, 0) is 12.1 Å². The van der Waals surface area contributed by atoms with Crippen molar-refractivity contribution in [1.29, 1.82) is 0 Å². The van der Waals surface area contributed by atoms with Crippen LogP contribution in [0.4, 0.5) is 0 Å². The fourth-order valence-electron chi connectivity index (χ4n) is 2.43. The second kappa shape index (κ2) is 5.72. The van der Waals surface area contributed by atoms with E-state index in [1.807, 2.05) is 53.2 Å². The van der Waals surface area contributed by atoms with E-state index in [0.717, 1.165) is 11.1 Å². The van der Waals surface area contributed by atoms with Crippen molar-refractivity contribution in [2.75, 3.05) is 0 Å². The van der Waals surface area contributed by atoms with Gasteiger partial charge in [-0.15, -0.1) is 0 Å². The van der Waals surface area contributed by atoms with Crippen LogP contribution in [0.2, 0.25) is 5.02 Å². The van der Waals surface area contributed by atoms with Crippen LogP contribution in [0.3, 0.4) is 0 Å². The van der Waals surface area contributed by atoms with E-state index in [1.54, 1.807) is 24.7 Å². The van der Waals surface area contributed by atoms with Crippen LogP contribution in [0.25, 0.3) is 0 Å². The van der Waals surface area contributed by atoms with E-state index in [2.05, 4.69) is 4.98 Å². The molecule has 1 heterocycles. The Bertz CT molecular complexity index is 695. The summed E-state index contributed by atoms with van der Waals surface area (Å²) in [5.41, 5.74) is 0.500. The standard InChI is InChI=1S/C17H15ClN2O/c18-16-8-6-15(7-9-16)17(21,12-20-11-10-19-13-20)14-4-2-1-3-5-14/h1-11,13,21H,12H2. The quantitative estimate of drug-likeness (QED) is 0.801. The highest BCUT2D eigenvalue weighted by molar-refractivity contribution is 6.30. The molecule has 1 N–H and O–H groups in total. The zero-order valence-corrected chi connectivity index (χ0v) is 12.1. The number of aromatic nitrogens is 2. The summed E-state index contributed by atoms with van der Waals surface area (Å²) in [6.45, 7) is 0.388. The summed E-state index contributed by atoms with van der Waals surface area (Å²) in [4.78, 5) is 4.04. The van der Waals surface area contributed by atoms with Gasteiger partial charge in [0.05, 0.1) is 12.9 Å². The first-order valence-electron chi connectivity index (χ1n) is 6.68. The summed E-state index contributed by atoms with van der Waals surface area (Å²) < 4.78 is 1.86. The average Bonchev–Trinajstić information content (AvgIpc) is 3.01. The van der Waals surface area contributed by atoms with Gasteiger partial charge in [-0.25, -0.2) is 4.98 Å². The molecule has 0 radical (unpaired) electrons. The molecule has 0 aliphatic rings. The van der Waals surface area contributed by atoms with Gasteiger partial charge in [-0.05, 0) is 23.3 Å². The number of rotatable bonds is 4. The van der Waals surface area contributed by atoms with Gasteiger partial charge in [-0.1, -0.05) is 54.1 Å². The van der Waals surface area contributed by atoms with Gasteiger partial charge in [0, 0.05) is 17.4 Å². The lowest BCUT2D eigenvalue weighted by atomic mass is 9.86. The van der Waals surface area contributed by atoms with Crippen molar-refractivity contribution in [3.63, 3.8) is 0 Å². The Balaban J connectivity index is 2.08. The Morgan fingerprint density at radius 1 is 1.00 bits per heavy atom. The van der Waals surface area contributed by atoms with Gasteiger partial charge in [0.25, 0.3) is 0 Å². The summed E-state index contributed by atoms with van der Waals surface area (Å²) in [5, 5.41) is 12.0. The molecule has 4 heteroatoms. The Hall–Kier alpha value is -2.10. The lowest BCUT2D eigenvalue weighted by Crippen LogP contribution is -2.32. The van der Waals surface area contributed by atoms with E-state index in [0.29, 0.717) is 11.6 Å². The zero-order chi connectivity index (χ0) is 14.7. The zero-order valence-electron chi connectivity index (χ0n) is 11.4. The molecule has 1 unspecified atom stereocenters. The van der Waals surface area contributed by atoms with Crippen LogP contribution in [0.5, 0.6) is 0 Å². The molecule has 0 aliphatic heterocycles. The van der Waals surface area contributed by atoms with E-state index < -0.39 is 5.60 Å². The van der Waals surface area contributed by atoms with Gasteiger partial charge in [0.1, 0.15) is 5.60 Å². The van der Waals surface area contributed by atoms with E-state index in [1.165, 1.54) is 0 Å². The number of halogens is 1. The van der Waals surface area contributed by atoms with Crippen LogP contribution in [0.1, 0.15) is 11.1 Å².